The lowest BCUT2D eigenvalue weighted by atomic mass is 10.1. The van der Waals surface area contributed by atoms with Gasteiger partial charge in [-0.2, -0.15) is 0 Å². The van der Waals surface area contributed by atoms with Gasteiger partial charge in [0.1, 0.15) is 5.75 Å². The van der Waals surface area contributed by atoms with Crippen molar-refractivity contribution in [2.75, 3.05) is 20.3 Å². The summed E-state index contributed by atoms with van der Waals surface area (Å²) >= 11 is 0. The van der Waals surface area contributed by atoms with Crippen LogP contribution in [-0.4, -0.2) is 20.3 Å². The lowest BCUT2D eigenvalue weighted by Gasteiger charge is -2.06. The third kappa shape index (κ3) is 5.17. The smallest absolute Gasteiger partial charge is 0.119 e. The Bertz CT molecular complexity index is 284. The predicted molar refractivity (Wildman–Crippen MR) is 67.0 cm³/mol. The van der Waals surface area contributed by atoms with Crippen LogP contribution in [0.15, 0.2) is 24.3 Å². The summed E-state index contributed by atoms with van der Waals surface area (Å²) in [5.41, 5.74) is 1.35. The third-order valence-corrected chi connectivity index (χ3v) is 2.44. The first-order chi connectivity index (χ1) is 7.86. The van der Waals surface area contributed by atoms with Crippen LogP contribution >= 0.6 is 0 Å². The summed E-state index contributed by atoms with van der Waals surface area (Å²) in [6.07, 6.45) is 4.45. The third-order valence-electron chi connectivity index (χ3n) is 2.44. The minimum Gasteiger partial charge on any atom is -0.494 e. The maximum Gasteiger partial charge on any atom is 0.119 e. The van der Waals surface area contributed by atoms with Crippen molar-refractivity contribution in [3.8, 4) is 5.75 Å². The highest BCUT2D eigenvalue weighted by Gasteiger charge is 1.97. The van der Waals surface area contributed by atoms with Gasteiger partial charge >= 0.3 is 0 Å². The molecule has 0 aromatic heterocycles. The van der Waals surface area contributed by atoms with Crippen LogP contribution in [0.5, 0.6) is 5.75 Å². The number of rotatable bonds is 8. The van der Waals surface area contributed by atoms with Gasteiger partial charge in [-0.05, 0) is 43.4 Å². The van der Waals surface area contributed by atoms with Gasteiger partial charge in [-0.25, -0.2) is 0 Å². The first kappa shape index (κ1) is 13.0. The highest BCUT2D eigenvalue weighted by Crippen LogP contribution is 2.15. The Morgan fingerprint density at radius 3 is 2.75 bits per heavy atom. The monoisotopic (exact) mass is 222 g/mol. The number of ether oxygens (including phenoxy) is 2. The molecule has 16 heavy (non-hydrogen) atoms. The van der Waals surface area contributed by atoms with E-state index in [9.17, 15) is 0 Å². The van der Waals surface area contributed by atoms with E-state index in [0.717, 1.165) is 38.2 Å². The van der Waals surface area contributed by atoms with Gasteiger partial charge in [0.05, 0.1) is 6.61 Å². The number of unbranched alkanes of at least 4 members (excludes halogenated alkanes) is 1. The van der Waals surface area contributed by atoms with Crippen LogP contribution in [-0.2, 0) is 11.2 Å². The van der Waals surface area contributed by atoms with Gasteiger partial charge in [0, 0.05) is 13.7 Å². The van der Waals surface area contributed by atoms with E-state index in [1.165, 1.54) is 12.0 Å². The van der Waals surface area contributed by atoms with Crippen molar-refractivity contribution in [3.63, 3.8) is 0 Å². The fourth-order valence-electron chi connectivity index (χ4n) is 1.59. The molecule has 0 unspecified atom stereocenters. The zero-order valence-corrected chi connectivity index (χ0v) is 10.4. The molecule has 0 aliphatic heterocycles. The number of benzene rings is 1. The second-order valence-electron chi connectivity index (χ2n) is 3.95. The molecule has 0 aliphatic rings. The molecule has 0 spiro atoms. The van der Waals surface area contributed by atoms with Gasteiger partial charge < -0.3 is 9.47 Å². The topological polar surface area (TPSA) is 18.5 Å². The van der Waals surface area contributed by atoms with E-state index in [1.54, 1.807) is 7.11 Å². The van der Waals surface area contributed by atoms with E-state index < -0.39 is 0 Å². The Hall–Kier alpha value is -1.02. The minimum atomic E-state index is 0.799. The summed E-state index contributed by atoms with van der Waals surface area (Å²) in [6.45, 7) is 3.77. The van der Waals surface area contributed by atoms with Gasteiger partial charge in [-0.15, -0.1) is 0 Å². The van der Waals surface area contributed by atoms with Crippen LogP contribution in [0.25, 0.3) is 0 Å². The Morgan fingerprint density at radius 2 is 2.00 bits per heavy atom. The van der Waals surface area contributed by atoms with E-state index in [1.807, 2.05) is 6.07 Å². The van der Waals surface area contributed by atoms with E-state index >= 15 is 0 Å². The van der Waals surface area contributed by atoms with Crippen LogP contribution in [0.4, 0.5) is 0 Å². The van der Waals surface area contributed by atoms with Gasteiger partial charge in [0.25, 0.3) is 0 Å². The van der Waals surface area contributed by atoms with E-state index in [0.29, 0.717) is 0 Å². The highest BCUT2D eigenvalue weighted by molar-refractivity contribution is 5.28. The predicted octanol–water partition coefficient (Wildman–Crippen LogP) is 3.44. The van der Waals surface area contributed by atoms with Gasteiger partial charge in [0.2, 0.25) is 0 Å². The van der Waals surface area contributed by atoms with Crippen molar-refractivity contribution < 1.29 is 9.47 Å². The minimum absolute atomic E-state index is 0.799. The summed E-state index contributed by atoms with van der Waals surface area (Å²) in [6, 6.07) is 8.39. The van der Waals surface area contributed by atoms with Gasteiger partial charge in [0.15, 0.2) is 0 Å². The van der Waals surface area contributed by atoms with Crippen LogP contribution in [0, 0.1) is 0 Å². The van der Waals surface area contributed by atoms with Crippen molar-refractivity contribution in [3.05, 3.63) is 29.8 Å². The molecule has 0 amide bonds. The maximum atomic E-state index is 5.60. The zero-order valence-electron chi connectivity index (χ0n) is 10.4. The first-order valence-electron chi connectivity index (χ1n) is 6.07. The summed E-state index contributed by atoms with van der Waals surface area (Å²) < 4.78 is 10.6. The molecule has 0 saturated carbocycles. The van der Waals surface area contributed by atoms with E-state index in [4.69, 9.17) is 9.47 Å². The Morgan fingerprint density at radius 1 is 1.12 bits per heavy atom. The van der Waals surface area contributed by atoms with Crippen LogP contribution in [0.3, 0.4) is 0 Å². The molecular weight excluding hydrogens is 200 g/mol. The van der Waals surface area contributed by atoms with Crippen molar-refractivity contribution in [1.82, 2.24) is 0 Å². The maximum absolute atomic E-state index is 5.60. The normalized spacial score (nSPS) is 10.4. The summed E-state index contributed by atoms with van der Waals surface area (Å²) in [4.78, 5) is 0. The van der Waals surface area contributed by atoms with Crippen LogP contribution in [0.1, 0.15) is 31.7 Å². The molecule has 0 radical (unpaired) electrons. The standard InChI is InChI=1S/C14H22O2/c1-3-10-16-14-9-6-8-13(12-14)7-4-5-11-15-2/h6,8-9,12H,3-5,7,10-11H2,1-2H3. The number of methoxy groups -OCH3 is 1. The molecule has 1 aromatic rings. The molecule has 0 heterocycles. The molecule has 2 nitrogen and oxygen atoms in total. The fraction of sp³-hybridized carbons (Fsp3) is 0.571. The van der Waals surface area contributed by atoms with Crippen molar-refractivity contribution >= 4 is 0 Å². The van der Waals surface area contributed by atoms with Crippen LogP contribution < -0.4 is 4.74 Å². The Balaban J connectivity index is 2.35. The van der Waals surface area contributed by atoms with Crippen molar-refractivity contribution in [2.45, 2.75) is 32.6 Å². The molecule has 0 fully saturated rings. The number of aryl methyl sites for hydroxylation is 1. The quantitative estimate of drug-likeness (QED) is 0.627. The molecule has 1 rings (SSSR count). The molecular formula is C14H22O2. The highest BCUT2D eigenvalue weighted by atomic mass is 16.5. The summed E-state index contributed by atoms with van der Waals surface area (Å²) in [5, 5.41) is 0. The number of hydrogen-bond donors (Lipinski definition) is 0. The second-order valence-corrected chi connectivity index (χ2v) is 3.95. The lowest BCUT2D eigenvalue weighted by molar-refractivity contribution is 0.193. The van der Waals surface area contributed by atoms with Crippen molar-refractivity contribution in [1.29, 1.82) is 0 Å². The van der Waals surface area contributed by atoms with E-state index in [2.05, 4.69) is 25.1 Å². The molecule has 0 N–H and O–H groups in total. The zero-order chi connectivity index (χ0) is 11.6. The first-order valence-corrected chi connectivity index (χ1v) is 6.07. The molecule has 90 valence electrons. The summed E-state index contributed by atoms with van der Waals surface area (Å²) in [5.74, 6) is 0.992. The van der Waals surface area contributed by atoms with E-state index in [-0.39, 0.29) is 0 Å². The SMILES string of the molecule is CCCOc1cccc(CCCCOC)c1. The second kappa shape index (κ2) is 8.17. The summed E-state index contributed by atoms with van der Waals surface area (Å²) in [7, 11) is 1.75. The molecule has 2 heteroatoms. The largest absolute Gasteiger partial charge is 0.494 e. The Kier molecular flexibility index (Phi) is 6.66. The average Bonchev–Trinajstić information content (AvgIpc) is 2.33. The molecule has 1 aromatic carbocycles. The van der Waals surface area contributed by atoms with Gasteiger partial charge in [-0.1, -0.05) is 19.1 Å². The fourth-order valence-corrected chi connectivity index (χ4v) is 1.59. The molecule has 0 aliphatic carbocycles. The Labute approximate surface area is 98.6 Å². The van der Waals surface area contributed by atoms with Gasteiger partial charge in [-0.3, -0.25) is 0 Å². The molecule has 0 saturated heterocycles. The number of hydrogen-bond acceptors (Lipinski definition) is 2. The molecule has 0 bridgehead atoms. The van der Waals surface area contributed by atoms with Crippen LogP contribution in [0.2, 0.25) is 0 Å². The average molecular weight is 222 g/mol. The van der Waals surface area contributed by atoms with Crippen molar-refractivity contribution in [2.24, 2.45) is 0 Å². The molecule has 0 atom stereocenters. The lowest BCUT2D eigenvalue weighted by Crippen LogP contribution is -1.96.